The van der Waals surface area contributed by atoms with Crippen molar-refractivity contribution in [3.05, 3.63) is 30.0 Å². The summed E-state index contributed by atoms with van der Waals surface area (Å²) in [6.07, 6.45) is 8.21. The van der Waals surface area contributed by atoms with Crippen molar-refractivity contribution in [3.63, 3.8) is 0 Å². The van der Waals surface area contributed by atoms with Crippen LogP contribution in [0.1, 0.15) is 48.9 Å². The lowest BCUT2D eigenvalue weighted by molar-refractivity contribution is 0.100. The quantitative estimate of drug-likeness (QED) is 0.627. The van der Waals surface area contributed by atoms with E-state index in [4.69, 9.17) is 10.5 Å². The summed E-state index contributed by atoms with van der Waals surface area (Å²) in [4.78, 5) is 20.6. The van der Waals surface area contributed by atoms with Gasteiger partial charge in [-0.05, 0) is 37.5 Å². The molecule has 4 rings (SSSR count). The average molecular weight is 382 g/mol. The first-order chi connectivity index (χ1) is 13.7. The van der Waals surface area contributed by atoms with Crippen molar-refractivity contribution in [2.45, 2.75) is 44.6 Å². The average Bonchev–Trinajstić information content (AvgIpc) is 2.94. The number of benzene rings is 1. The van der Waals surface area contributed by atoms with Crippen molar-refractivity contribution in [1.29, 1.82) is 0 Å². The first kappa shape index (κ1) is 18.3. The van der Waals surface area contributed by atoms with Crippen LogP contribution >= 0.6 is 0 Å². The van der Waals surface area contributed by atoms with E-state index in [0.717, 1.165) is 42.9 Å². The number of aromatic nitrogens is 2. The Kier molecular flexibility index (Phi) is 5.45. The molecule has 1 aromatic carbocycles. The van der Waals surface area contributed by atoms with Crippen LogP contribution in [0.2, 0.25) is 0 Å². The fraction of sp³-hybridized carbons (Fsp3) is 0.450. The number of amides is 1. The molecular formula is C20H26N6O2. The van der Waals surface area contributed by atoms with E-state index in [1.807, 2.05) is 18.2 Å². The second-order valence-electron chi connectivity index (χ2n) is 7.26. The van der Waals surface area contributed by atoms with Gasteiger partial charge in [0.15, 0.2) is 0 Å². The van der Waals surface area contributed by atoms with Crippen LogP contribution in [0, 0.1) is 0 Å². The van der Waals surface area contributed by atoms with Gasteiger partial charge in [-0.1, -0.05) is 19.3 Å². The van der Waals surface area contributed by atoms with Gasteiger partial charge >= 0.3 is 0 Å². The summed E-state index contributed by atoms with van der Waals surface area (Å²) < 4.78 is 5.72. The molecule has 2 aromatic rings. The SMILES string of the molecule is NC(=O)c1cnc(Nc2ccc3c(c2)NCCCO3)nc1NC1CCCCC1. The summed E-state index contributed by atoms with van der Waals surface area (Å²) >= 11 is 0. The van der Waals surface area contributed by atoms with Gasteiger partial charge in [0.05, 0.1) is 17.9 Å². The van der Waals surface area contributed by atoms with Gasteiger partial charge in [0, 0.05) is 24.5 Å². The normalized spacial score (nSPS) is 16.9. The molecular weight excluding hydrogens is 356 g/mol. The van der Waals surface area contributed by atoms with Crippen molar-refractivity contribution < 1.29 is 9.53 Å². The first-order valence-electron chi connectivity index (χ1n) is 9.90. The molecule has 28 heavy (non-hydrogen) atoms. The molecule has 1 amide bonds. The van der Waals surface area contributed by atoms with Gasteiger partial charge in [-0.15, -0.1) is 0 Å². The first-order valence-corrected chi connectivity index (χ1v) is 9.90. The number of hydrogen-bond donors (Lipinski definition) is 4. The van der Waals surface area contributed by atoms with E-state index in [9.17, 15) is 4.79 Å². The Hall–Kier alpha value is -3.03. The molecule has 8 nitrogen and oxygen atoms in total. The highest BCUT2D eigenvalue weighted by atomic mass is 16.5. The topological polar surface area (TPSA) is 114 Å². The predicted octanol–water partition coefficient (Wildman–Crippen LogP) is 3.26. The predicted molar refractivity (Wildman–Crippen MR) is 109 cm³/mol. The summed E-state index contributed by atoms with van der Waals surface area (Å²) in [7, 11) is 0. The highest BCUT2D eigenvalue weighted by Crippen LogP contribution is 2.31. The highest BCUT2D eigenvalue weighted by Gasteiger charge is 2.18. The Morgan fingerprint density at radius 1 is 1.21 bits per heavy atom. The summed E-state index contributed by atoms with van der Waals surface area (Å²) in [5, 5.41) is 9.96. The molecule has 1 saturated carbocycles. The van der Waals surface area contributed by atoms with Gasteiger partial charge < -0.3 is 26.4 Å². The van der Waals surface area contributed by atoms with Crippen LogP contribution in [0.15, 0.2) is 24.4 Å². The number of ether oxygens (including phenoxy) is 1. The van der Waals surface area contributed by atoms with Crippen molar-refractivity contribution in [3.8, 4) is 5.75 Å². The highest BCUT2D eigenvalue weighted by molar-refractivity contribution is 5.97. The molecule has 148 valence electrons. The summed E-state index contributed by atoms with van der Waals surface area (Å²) in [5.41, 5.74) is 7.61. The molecule has 0 spiro atoms. The van der Waals surface area contributed by atoms with Gasteiger partial charge in [-0.25, -0.2) is 4.98 Å². The zero-order valence-electron chi connectivity index (χ0n) is 15.8. The number of fused-ring (bicyclic) bond motifs is 1. The number of primary amides is 1. The van der Waals surface area contributed by atoms with Crippen molar-refractivity contribution >= 4 is 29.0 Å². The van der Waals surface area contributed by atoms with Crippen LogP contribution < -0.4 is 26.4 Å². The van der Waals surface area contributed by atoms with Crippen LogP contribution in [0.25, 0.3) is 0 Å². The molecule has 2 aliphatic rings. The Bertz CT molecular complexity index is 851. The second kappa shape index (κ2) is 8.33. The molecule has 5 N–H and O–H groups in total. The Morgan fingerprint density at radius 3 is 2.89 bits per heavy atom. The van der Waals surface area contributed by atoms with Crippen LogP contribution in [0.5, 0.6) is 5.75 Å². The number of rotatable bonds is 5. The van der Waals surface area contributed by atoms with Crippen LogP contribution in [-0.2, 0) is 0 Å². The number of hydrogen-bond acceptors (Lipinski definition) is 7. The van der Waals surface area contributed by atoms with Crippen LogP contribution in [-0.4, -0.2) is 35.1 Å². The van der Waals surface area contributed by atoms with E-state index in [-0.39, 0.29) is 0 Å². The van der Waals surface area contributed by atoms with Crippen molar-refractivity contribution in [1.82, 2.24) is 9.97 Å². The molecule has 0 bridgehead atoms. The lowest BCUT2D eigenvalue weighted by atomic mass is 9.95. The molecule has 2 heterocycles. The van der Waals surface area contributed by atoms with Gasteiger partial charge in [0.1, 0.15) is 11.6 Å². The van der Waals surface area contributed by atoms with E-state index in [2.05, 4.69) is 25.9 Å². The summed E-state index contributed by atoms with van der Waals surface area (Å²) in [6.45, 7) is 1.58. The molecule has 1 aliphatic heterocycles. The molecule has 0 atom stereocenters. The minimum Gasteiger partial charge on any atom is -0.491 e. The van der Waals surface area contributed by atoms with Gasteiger partial charge in [-0.2, -0.15) is 4.98 Å². The Balaban J connectivity index is 1.55. The molecule has 0 radical (unpaired) electrons. The third kappa shape index (κ3) is 4.27. The van der Waals surface area contributed by atoms with E-state index < -0.39 is 5.91 Å². The van der Waals surface area contributed by atoms with Gasteiger partial charge in [0.25, 0.3) is 5.91 Å². The molecule has 0 unspecified atom stereocenters. The zero-order valence-corrected chi connectivity index (χ0v) is 15.8. The minimum atomic E-state index is -0.531. The van der Waals surface area contributed by atoms with Gasteiger partial charge in [-0.3, -0.25) is 4.79 Å². The maximum absolute atomic E-state index is 11.8. The second-order valence-corrected chi connectivity index (χ2v) is 7.26. The van der Waals surface area contributed by atoms with Gasteiger partial charge in [0.2, 0.25) is 5.95 Å². The third-order valence-corrected chi connectivity index (χ3v) is 5.13. The smallest absolute Gasteiger partial charge is 0.254 e. The molecule has 1 fully saturated rings. The Labute approximate surface area is 164 Å². The van der Waals surface area contributed by atoms with Crippen LogP contribution in [0.3, 0.4) is 0 Å². The maximum Gasteiger partial charge on any atom is 0.254 e. The fourth-order valence-corrected chi connectivity index (χ4v) is 3.65. The van der Waals surface area contributed by atoms with E-state index in [1.54, 1.807) is 0 Å². The van der Waals surface area contributed by atoms with E-state index in [0.29, 0.717) is 30.0 Å². The molecule has 8 heteroatoms. The van der Waals surface area contributed by atoms with E-state index in [1.165, 1.54) is 25.5 Å². The zero-order chi connectivity index (χ0) is 19.3. The lowest BCUT2D eigenvalue weighted by Crippen LogP contribution is -2.26. The minimum absolute atomic E-state index is 0.309. The van der Waals surface area contributed by atoms with Crippen molar-refractivity contribution in [2.24, 2.45) is 5.73 Å². The van der Waals surface area contributed by atoms with Crippen molar-refractivity contribution in [2.75, 3.05) is 29.1 Å². The third-order valence-electron chi connectivity index (χ3n) is 5.13. The fourth-order valence-electron chi connectivity index (χ4n) is 3.65. The largest absolute Gasteiger partial charge is 0.491 e. The maximum atomic E-state index is 11.8. The number of nitrogens with zero attached hydrogens (tertiary/aromatic N) is 2. The Morgan fingerprint density at radius 2 is 2.07 bits per heavy atom. The standard InChI is InChI=1S/C20H26N6O2/c21-18(27)15-12-23-20(26-19(15)24-13-5-2-1-3-6-13)25-14-7-8-17-16(11-14)22-9-4-10-28-17/h7-8,11-13,22H,1-6,9-10H2,(H2,21,27)(H2,23,24,25,26). The van der Waals surface area contributed by atoms with Crippen LogP contribution in [0.4, 0.5) is 23.1 Å². The number of anilines is 4. The molecule has 0 saturated heterocycles. The molecule has 1 aromatic heterocycles. The lowest BCUT2D eigenvalue weighted by Gasteiger charge is -2.24. The van der Waals surface area contributed by atoms with E-state index >= 15 is 0 Å². The number of carbonyl (C=O) groups excluding carboxylic acids is 1. The molecule has 1 aliphatic carbocycles. The number of nitrogens with one attached hydrogen (secondary N) is 3. The number of carbonyl (C=O) groups is 1. The number of nitrogens with two attached hydrogens (primary N) is 1. The summed E-state index contributed by atoms with van der Waals surface area (Å²) in [6, 6.07) is 6.13. The monoisotopic (exact) mass is 382 g/mol. The summed E-state index contributed by atoms with van der Waals surface area (Å²) in [5.74, 6) is 1.22.